The average molecular weight is 301 g/mol. The van der Waals surface area contributed by atoms with E-state index < -0.39 is 10.8 Å². The smallest absolute Gasteiger partial charge is 0.0789 e. The molecule has 0 fully saturated rings. The van der Waals surface area contributed by atoms with Crippen molar-refractivity contribution in [2.45, 2.75) is 31.1 Å². The Morgan fingerprint density at radius 1 is 0.952 bits per heavy atom. The van der Waals surface area contributed by atoms with Crippen molar-refractivity contribution in [1.82, 2.24) is 0 Å². The third-order valence-corrected chi connectivity index (χ3v) is 5.44. The van der Waals surface area contributed by atoms with Crippen LogP contribution in [0.5, 0.6) is 0 Å². The van der Waals surface area contributed by atoms with Crippen molar-refractivity contribution in [3.8, 4) is 0 Å². The summed E-state index contributed by atoms with van der Waals surface area (Å²) in [5.74, 6) is 0.705. The van der Waals surface area contributed by atoms with Gasteiger partial charge in [0.05, 0.1) is 5.25 Å². The minimum absolute atomic E-state index is 0.153. The minimum Gasteiger partial charge on any atom is -0.323 e. The monoisotopic (exact) mass is 301 g/mol. The number of benzene rings is 2. The second-order valence-electron chi connectivity index (χ2n) is 5.21. The molecule has 0 aromatic heterocycles. The fourth-order valence-corrected chi connectivity index (χ4v) is 4.20. The number of rotatable bonds is 7. The SMILES string of the molecule is CCCCS(=O)C(c1ccccc1)C(N)c1ccccc1. The first-order valence-electron chi connectivity index (χ1n) is 7.46. The summed E-state index contributed by atoms with van der Waals surface area (Å²) in [7, 11) is -0.964. The fourth-order valence-electron chi connectivity index (χ4n) is 2.43. The number of hydrogen-bond donors (Lipinski definition) is 1. The average Bonchev–Trinajstić information content (AvgIpc) is 2.55. The molecule has 3 unspecified atom stereocenters. The molecule has 0 aliphatic heterocycles. The lowest BCUT2D eigenvalue weighted by Gasteiger charge is -2.24. The molecule has 2 rings (SSSR count). The summed E-state index contributed by atoms with van der Waals surface area (Å²) in [6, 6.07) is 19.7. The zero-order chi connectivity index (χ0) is 15.1. The van der Waals surface area contributed by atoms with Gasteiger partial charge in [-0.25, -0.2) is 0 Å². The lowest BCUT2D eigenvalue weighted by molar-refractivity contribution is 0.635. The third-order valence-electron chi connectivity index (χ3n) is 3.62. The molecule has 0 aliphatic rings. The highest BCUT2D eigenvalue weighted by Gasteiger charge is 2.26. The van der Waals surface area contributed by atoms with E-state index in [2.05, 4.69) is 6.92 Å². The van der Waals surface area contributed by atoms with Crippen LogP contribution >= 0.6 is 0 Å². The normalized spacial score (nSPS) is 15.3. The van der Waals surface area contributed by atoms with Crippen LogP contribution in [-0.4, -0.2) is 9.96 Å². The van der Waals surface area contributed by atoms with Crippen molar-refractivity contribution in [3.05, 3.63) is 71.8 Å². The summed E-state index contributed by atoms with van der Waals surface area (Å²) >= 11 is 0. The zero-order valence-electron chi connectivity index (χ0n) is 12.4. The van der Waals surface area contributed by atoms with E-state index in [-0.39, 0.29) is 11.3 Å². The van der Waals surface area contributed by atoms with Crippen molar-refractivity contribution >= 4 is 10.8 Å². The van der Waals surface area contributed by atoms with Gasteiger partial charge in [0.15, 0.2) is 0 Å². The van der Waals surface area contributed by atoms with Crippen molar-refractivity contribution in [2.75, 3.05) is 5.75 Å². The van der Waals surface area contributed by atoms with Crippen molar-refractivity contribution in [1.29, 1.82) is 0 Å². The summed E-state index contributed by atoms with van der Waals surface area (Å²) in [5, 5.41) is -0.153. The maximum atomic E-state index is 12.7. The van der Waals surface area contributed by atoms with Gasteiger partial charge in [0.25, 0.3) is 0 Å². The molecule has 0 spiro atoms. The Labute approximate surface area is 129 Å². The molecular formula is C18H23NOS. The van der Waals surface area contributed by atoms with Gasteiger partial charge >= 0.3 is 0 Å². The van der Waals surface area contributed by atoms with Crippen LogP contribution in [-0.2, 0) is 10.8 Å². The Bertz CT molecular complexity index is 556. The highest BCUT2D eigenvalue weighted by molar-refractivity contribution is 7.85. The van der Waals surface area contributed by atoms with Crippen LogP contribution < -0.4 is 5.73 Å². The molecule has 2 aromatic rings. The van der Waals surface area contributed by atoms with Gasteiger partial charge in [-0.15, -0.1) is 0 Å². The highest BCUT2D eigenvalue weighted by Crippen LogP contribution is 2.32. The number of unbranched alkanes of at least 4 members (excludes halogenated alkanes) is 1. The molecule has 0 saturated carbocycles. The maximum absolute atomic E-state index is 12.7. The van der Waals surface area contributed by atoms with Gasteiger partial charge in [-0.3, -0.25) is 4.21 Å². The third kappa shape index (κ3) is 4.26. The highest BCUT2D eigenvalue weighted by atomic mass is 32.2. The molecule has 3 heteroatoms. The van der Waals surface area contributed by atoms with Gasteiger partial charge in [-0.1, -0.05) is 74.0 Å². The number of hydrogen-bond acceptors (Lipinski definition) is 2. The molecule has 0 bridgehead atoms. The Balaban J connectivity index is 2.30. The first-order chi connectivity index (χ1) is 10.2. The Hall–Kier alpha value is -1.45. The first kappa shape index (κ1) is 15.9. The molecular weight excluding hydrogens is 278 g/mol. The maximum Gasteiger partial charge on any atom is 0.0789 e. The van der Waals surface area contributed by atoms with E-state index in [1.165, 1.54) is 0 Å². The van der Waals surface area contributed by atoms with Gasteiger partial charge in [-0.05, 0) is 17.5 Å². The van der Waals surface area contributed by atoms with E-state index in [0.29, 0.717) is 5.75 Å². The van der Waals surface area contributed by atoms with E-state index in [1.807, 2.05) is 60.7 Å². The van der Waals surface area contributed by atoms with E-state index >= 15 is 0 Å². The van der Waals surface area contributed by atoms with Crippen molar-refractivity contribution in [3.63, 3.8) is 0 Å². The van der Waals surface area contributed by atoms with Gasteiger partial charge in [-0.2, -0.15) is 0 Å². The van der Waals surface area contributed by atoms with Gasteiger partial charge in [0, 0.05) is 22.6 Å². The van der Waals surface area contributed by atoms with Crippen molar-refractivity contribution in [2.24, 2.45) is 5.73 Å². The molecule has 0 saturated heterocycles. The van der Waals surface area contributed by atoms with Crippen molar-refractivity contribution < 1.29 is 4.21 Å². The molecule has 2 nitrogen and oxygen atoms in total. The summed E-state index contributed by atoms with van der Waals surface area (Å²) in [5.41, 5.74) is 8.55. The van der Waals surface area contributed by atoms with Gasteiger partial charge < -0.3 is 5.73 Å². The fraction of sp³-hybridized carbons (Fsp3) is 0.333. The summed E-state index contributed by atoms with van der Waals surface area (Å²) < 4.78 is 12.7. The Kier molecular flexibility index (Phi) is 6.15. The number of nitrogens with two attached hydrogens (primary N) is 1. The topological polar surface area (TPSA) is 43.1 Å². The standard InChI is InChI=1S/C18H23NOS/c1-2-3-14-21(20)18(16-12-8-5-9-13-16)17(19)15-10-6-4-7-11-15/h4-13,17-18H,2-3,14,19H2,1H3. The summed E-state index contributed by atoms with van der Waals surface area (Å²) in [6.45, 7) is 2.12. The van der Waals surface area contributed by atoms with E-state index in [4.69, 9.17) is 5.73 Å². The molecule has 2 aromatic carbocycles. The van der Waals surface area contributed by atoms with Crippen LogP contribution in [0.3, 0.4) is 0 Å². The van der Waals surface area contributed by atoms with E-state index in [0.717, 1.165) is 24.0 Å². The van der Waals surface area contributed by atoms with Crippen LogP contribution in [0.1, 0.15) is 42.2 Å². The molecule has 0 heterocycles. The first-order valence-corrected chi connectivity index (χ1v) is 8.85. The predicted molar refractivity (Wildman–Crippen MR) is 90.5 cm³/mol. The summed E-state index contributed by atoms with van der Waals surface area (Å²) in [4.78, 5) is 0. The minimum atomic E-state index is -0.964. The molecule has 21 heavy (non-hydrogen) atoms. The molecule has 0 amide bonds. The van der Waals surface area contributed by atoms with Crippen LogP contribution in [0.4, 0.5) is 0 Å². The molecule has 3 atom stereocenters. The van der Waals surface area contributed by atoms with E-state index in [9.17, 15) is 4.21 Å². The largest absolute Gasteiger partial charge is 0.323 e. The molecule has 2 N–H and O–H groups in total. The predicted octanol–water partition coefficient (Wildman–Crippen LogP) is 3.98. The lowest BCUT2D eigenvalue weighted by atomic mass is 9.99. The lowest BCUT2D eigenvalue weighted by Crippen LogP contribution is -2.24. The molecule has 0 radical (unpaired) electrons. The quantitative estimate of drug-likeness (QED) is 0.840. The Morgan fingerprint density at radius 3 is 2.00 bits per heavy atom. The van der Waals surface area contributed by atoms with Crippen LogP contribution in [0.25, 0.3) is 0 Å². The molecule has 0 aliphatic carbocycles. The zero-order valence-corrected chi connectivity index (χ0v) is 13.3. The Morgan fingerprint density at radius 2 is 1.48 bits per heavy atom. The van der Waals surface area contributed by atoms with E-state index in [1.54, 1.807) is 0 Å². The molecule has 112 valence electrons. The van der Waals surface area contributed by atoms with Crippen LogP contribution in [0, 0.1) is 0 Å². The van der Waals surface area contributed by atoms with Gasteiger partial charge in [0.2, 0.25) is 0 Å². The van der Waals surface area contributed by atoms with Crippen LogP contribution in [0.2, 0.25) is 0 Å². The second kappa shape index (κ2) is 8.11. The second-order valence-corrected chi connectivity index (χ2v) is 6.88. The van der Waals surface area contributed by atoms with Crippen LogP contribution in [0.15, 0.2) is 60.7 Å². The van der Waals surface area contributed by atoms with Gasteiger partial charge in [0.1, 0.15) is 0 Å². The summed E-state index contributed by atoms with van der Waals surface area (Å²) in [6.07, 6.45) is 2.02.